The molecule has 1 atom stereocenters. The van der Waals surface area contributed by atoms with Crippen LogP contribution in [0.1, 0.15) is 48.1 Å². The quantitative estimate of drug-likeness (QED) is 0.740. The van der Waals surface area contributed by atoms with Crippen molar-refractivity contribution in [1.29, 1.82) is 0 Å². The largest absolute Gasteiger partial charge is 0.454 e. The maximum Gasteiger partial charge on any atom is 0.262 e. The molecule has 0 saturated heterocycles. The molecule has 4 rings (SSSR count). The minimum absolute atomic E-state index is 0.0164. The molecule has 2 heterocycles. The summed E-state index contributed by atoms with van der Waals surface area (Å²) in [5.74, 6) is 1.07. The van der Waals surface area contributed by atoms with Crippen molar-refractivity contribution in [3.05, 3.63) is 58.7 Å². The van der Waals surface area contributed by atoms with Crippen molar-refractivity contribution in [2.24, 2.45) is 5.10 Å². The number of ether oxygens (including phenoxy) is 2. The number of likely N-dealkylation sites (N-methyl/N-ethyl adjacent to an activating group) is 1. The van der Waals surface area contributed by atoms with Gasteiger partial charge >= 0.3 is 0 Å². The van der Waals surface area contributed by atoms with Gasteiger partial charge < -0.3 is 14.4 Å². The summed E-state index contributed by atoms with van der Waals surface area (Å²) < 4.78 is 11.0. The van der Waals surface area contributed by atoms with Crippen LogP contribution < -0.4 is 9.47 Å². The van der Waals surface area contributed by atoms with Crippen molar-refractivity contribution in [2.45, 2.75) is 39.7 Å². The molecule has 2 aromatic rings. The monoisotopic (exact) mass is 421 g/mol. The average Bonchev–Trinajstić information content (AvgIpc) is 3.41. The second kappa shape index (κ2) is 8.41. The molecule has 2 aliphatic rings. The molecule has 0 bridgehead atoms. The zero-order valence-corrected chi connectivity index (χ0v) is 18.3. The zero-order valence-electron chi connectivity index (χ0n) is 18.3. The van der Waals surface area contributed by atoms with Crippen molar-refractivity contribution in [3.63, 3.8) is 0 Å². The number of carbonyl (C=O) groups excluding carboxylic acids is 2. The van der Waals surface area contributed by atoms with E-state index < -0.39 is 0 Å². The first kappa shape index (κ1) is 20.9. The van der Waals surface area contributed by atoms with Crippen LogP contribution in [0, 0.1) is 13.8 Å². The Bertz CT molecular complexity index is 1060. The highest BCUT2D eigenvalue weighted by Crippen LogP contribution is 2.39. The van der Waals surface area contributed by atoms with E-state index in [2.05, 4.69) is 26.0 Å². The Labute approximate surface area is 182 Å². The molecule has 0 fully saturated rings. The van der Waals surface area contributed by atoms with Crippen LogP contribution in [0.4, 0.5) is 0 Å². The van der Waals surface area contributed by atoms with E-state index in [0.717, 1.165) is 16.8 Å². The maximum absolute atomic E-state index is 13.2. The molecular weight excluding hydrogens is 394 g/mol. The number of aryl methyl sites for hydroxylation is 2. The topological polar surface area (TPSA) is 71.4 Å². The van der Waals surface area contributed by atoms with Crippen LogP contribution in [0.3, 0.4) is 0 Å². The third kappa shape index (κ3) is 4.13. The molecule has 7 heteroatoms. The van der Waals surface area contributed by atoms with Gasteiger partial charge in [0.05, 0.1) is 11.8 Å². The third-order valence-corrected chi connectivity index (χ3v) is 5.89. The van der Waals surface area contributed by atoms with E-state index in [4.69, 9.17) is 14.6 Å². The van der Waals surface area contributed by atoms with Gasteiger partial charge in [0.25, 0.3) is 5.91 Å². The number of amides is 2. The van der Waals surface area contributed by atoms with E-state index in [1.807, 2.05) is 24.3 Å². The highest BCUT2D eigenvalue weighted by atomic mass is 16.7. The number of carbonyl (C=O) groups is 2. The van der Waals surface area contributed by atoms with Gasteiger partial charge in [0.15, 0.2) is 11.5 Å². The first-order valence-corrected chi connectivity index (χ1v) is 10.5. The number of hydrazone groups is 1. The predicted octanol–water partition coefficient (Wildman–Crippen LogP) is 3.58. The molecule has 0 N–H and O–H groups in total. The first-order chi connectivity index (χ1) is 14.9. The lowest BCUT2D eigenvalue weighted by Crippen LogP contribution is -2.38. The van der Waals surface area contributed by atoms with Crippen molar-refractivity contribution < 1.29 is 19.1 Å². The number of benzene rings is 2. The van der Waals surface area contributed by atoms with Gasteiger partial charge in [-0.25, -0.2) is 5.01 Å². The Hall–Kier alpha value is -3.35. The van der Waals surface area contributed by atoms with Gasteiger partial charge in [0, 0.05) is 19.9 Å². The summed E-state index contributed by atoms with van der Waals surface area (Å²) in [6.45, 7) is 6.10. The molecule has 2 aliphatic heterocycles. The summed E-state index contributed by atoms with van der Waals surface area (Å²) >= 11 is 0. The number of hydrogen-bond donors (Lipinski definition) is 0. The Morgan fingerprint density at radius 2 is 1.87 bits per heavy atom. The number of nitrogens with zero attached hydrogens (tertiary/aromatic N) is 3. The van der Waals surface area contributed by atoms with Gasteiger partial charge in [-0.05, 0) is 54.3 Å². The van der Waals surface area contributed by atoms with E-state index >= 15 is 0 Å². The highest BCUT2D eigenvalue weighted by Gasteiger charge is 2.34. The lowest BCUT2D eigenvalue weighted by molar-refractivity contribution is -0.140. The van der Waals surface area contributed by atoms with E-state index in [-0.39, 0.29) is 31.2 Å². The van der Waals surface area contributed by atoms with E-state index in [1.165, 1.54) is 21.0 Å². The molecule has 1 unspecified atom stereocenters. The van der Waals surface area contributed by atoms with Gasteiger partial charge in [-0.1, -0.05) is 25.1 Å². The summed E-state index contributed by atoms with van der Waals surface area (Å²) in [4.78, 5) is 26.6. The SMILES string of the molecule is CCC(=O)N(C)CC(=O)N1N=C(c2ccc(C)c(C)c2)CC1c1ccc2c(c1)OCO2. The fourth-order valence-electron chi connectivity index (χ4n) is 3.85. The molecule has 2 aromatic carbocycles. The van der Waals surface area contributed by atoms with Crippen LogP contribution >= 0.6 is 0 Å². The Kier molecular flexibility index (Phi) is 5.67. The van der Waals surface area contributed by atoms with Crippen LogP contribution in [-0.2, 0) is 9.59 Å². The highest BCUT2D eigenvalue weighted by molar-refractivity contribution is 6.03. The van der Waals surface area contributed by atoms with E-state index in [9.17, 15) is 9.59 Å². The standard InChI is InChI=1S/C24H27N3O4/c1-5-23(28)26(4)13-24(29)27-20(18-8-9-21-22(11-18)31-14-30-21)12-19(25-27)17-7-6-15(2)16(3)10-17/h6-11,20H,5,12-14H2,1-4H3. The molecule has 0 radical (unpaired) electrons. The molecule has 31 heavy (non-hydrogen) atoms. The molecule has 0 aromatic heterocycles. The summed E-state index contributed by atoms with van der Waals surface area (Å²) in [7, 11) is 1.64. The number of rotatable bonds is 5. The molecule has 162 valence electrons. The number of hydrogen-bond acceptors (Lipinski definition) is 5. The Morgan fingerprint density at radius 1 is 1.10 bits per heavy atom. The van der Waals surface area contributed by atoms with Crippen LogP contribution in [0.25, 0.3) is 0 Å². The molecule has 0 saturated carbocycles. The lowest BCUT2D eigenvalue weighted by Gasteiger charge is -2.25. The smallest absolute Gasteiger partial charge is 0.262 e. The minimum atomic E-state index is -0.274. The van der Waals surface area contributed by atoms with Crippen molar-refractivity contribution >= 4 is 17.5 Å². The van der Waals surface area contributed by atoms with Gasteiger partial charge in [0.2, 0.25) is 12.7 Å². The van der Waals surface area contributed by atoms with Gasteiger partial charge in [-0.2, -0.15) is 5.10 Å². The lowest BCUT2D eigenvalue weighted by atomic mass is 9.96. The van der Waals surface area contributed by atoms with Crippen LogP contribution in [0.15, 0.2) is 41.5 Å². The summed E-state index contributed by atoms with van der Waals surface area (Å²) in [5, 5.41) is 6.22. The molecule has 0 aliphatic carbocycles. The van der Waals surface area contributed by atoms with E-state index in [1.54, 1.807) is 14.0 Å². The predicted molar refractivity (Wildman–Crippen MR) is 117 cm³/mol. The summed E-state index contributed by atoms with van der Waals surface area (Å²) in [6, 6.07) is 11.7. The van der Waals surface area contributed by atoms with Crippen LogP contribution in [0.2, 0.25) is 0 Å². The molecule has 2 amide bonds. The fourth-order valence-corrected chi connectivity index (χ4v) is 3.85. The van der Waals surface area contributed by atoms with Gasteiger partial charge in [-0.15, -0.1) is 0 Å². The Morgan fingerprint density at radius 3 is 2.61 bits per heavy atom. The maximum atomic E-state index is 13.2. The van der Waals surface area contributed by atoms with Crippen molar-refractivity contribution in [2.75, 3.05) is 20.4 Å². The molecular formula is C24H27N3O4. The minimum Gasteiger partial charge on any atom is -0.454 e. The van der Waals surface area contributed by atoms with Crippen LogP contribution in [-0.4, -0.2) is 47.8 Å². The van der Waals surface area contributed by atoms with Crippen molar-refractivity contribution in [3.8, 4) is 11.5 Å². The van der Waals surface area contributed by atoms with E-state index in [0.29, 0.717) is 24.3 Å². The summed E-state index contributed by atoms with van der Waals surface area (Å²) in [6.07, 6.45) is 0.936. The first-order valence-electron chi connectivity index (χ1n) is 10.5. The second-order valence-corrected chi connectivity index (χ2v) is 8.02. The Balaban J connectivity index is 1.66. The summed E-state index contributed by atoms with van der Waals surface area (Å²) in [5.41, 5.74) is 5.16. The normalized spacial score (nSPS) is 17.0. The van der Waals surface area contributed by atoms with Gasteiger partial charge in [-0.3, -0.25) is 9.59 Å². The zero-order chi connectivity index (χ0) is 22.1. The average molecular weight is 421 g/mol. The van der Waals surface area contributed by atoms with Crippen LogP contribution in [0.5, 0.6) is 11.5 Å². The van der Waals surface area contributed by atoms with Gasteiger partial charge in [0.1, 0.15) is 6.54 Å². The fraction of sp³-hybridized carbons (Fsp3) is 0.375. The second-order valence-electron chi connectivity index (χ2n) is 8.02. The third-order valence-electron chi connectivity index (χ3n) is 5.89. The van der Waals surface area contributed by atoms with Crippen molar-refractivity contribution in [1.82, 2.24) is 9.91 Å². The number of fused-ring (bicyclic) bond motifs is 1. The molecule has 7 nitrogen and oxygen atoms in total. The molecule has 0 spiro atoms.